The largest absolute Gasteiger partial charge is 0.298 e. The van der Waals surface area contributed by atoms with E-state index < -0.39 is 0 Å². The number of imide groups is 1. The standard InChI is InChI=1S/C16H9BrClNO2S/c17-11-3-1-10(2-4-11)9-14-15(20)19(16(21)22-14)13-7-5-12(18)6-8-13/h1-9H. The van der Waals surface area contributed by atoms with Crippen LogP contribution in [0.5, 0.6) is 0 Å². The zero-order valence-corrected chi connectivity index (χ0v) is 14.3. The summed E-state index contributed by atoms with van der Waals surface area (Å²) in [5.74, 6) is -0.319. The number of rotatable bonds is 2. The minimum Gasteiger partial charge on any atom is -0.268 e. The van der Waals surface area contributed by atoms with Gasteiger partial charge in [-0.05, 0) is 59.8 Å². The van der Waals surface area contributed by atoms with Gasteiger partial charge in [0, 0.05) is 9.50 Å². The Morgan fingerprint density at radius 2 is 1.64 bits per heavy atom. The van der Waals surface area contributed by atoms with E-state index in [1.54, 1.807) is 30.3 Å². The lowest BCUT2D eigenvalue weighted by Gasteiger charge is -2.12. The molecule has 6 heteroatoms. The number of halogens is 2. The van der Waals surface area contributed by atoms with Gasteiger partial charge in [-0.2, -0.15) is 0 Å². The predicted molar refractivity (Wildman–Crippen MR) is 94.0 cm³/mol. The van der Waals surface area contributed by atoms with Gasteiger partial charge in [0.1, 0.15) is 0 Å². The third-order valence-corrected chi connectivity index (χ3v) is 4.70. The molecule has 2 aromatic carbocycles. The fourth-order valence-electron chi connectivity index (χ4n) is 1.99. The van der Waals surface area contributed by atoms with E-state index in [1.807, 2.05) is 24.3 Å². The average molecular weight is 395 g/mol. The summed E-state index contributed by atoms with van der Waals surface area (Å²) in [5.41, 5.74) is 1.39. The zero-order valence-electron chi connectivity index (χ0n) is 11.1. The number of benzene rings is 2. The Bertz CT molecular complexity index is 772. The van der Waals surface area contributed by atoms with E-state index in [0.717, 1.165) is 26.7 Å². The summed E-state index contributed by atoms with van der Waals surface area (Å²) >= 11 is 10.1. The molecule has 1 heterocycles. The van der Waals surface area contributed by atoms with E-state index in [2.05, 4.69) is 15.9 Å². The first-order valence-corrected chi connectivity index (χ1v) is 8.32. The summed E-state index contributed by atoms with van der Waals surface area (Å²) in [7, 11) is 0. The molecule has 3 rings (SSSR count). The van der Waals surface area contributed by atoms with E-state index in [4.69, 9.17) is 11.6 Å². The second-order valence-corrected chi connectivity index (χ2v) is 6.89. The molecule has 0 atom stereocenters. The Labute approximate surface area is 145 Å². The van der Waals surface area contributed by atoms with Gasteiger partial charge in [0.2, 0.25) is 0 Å². The van der Waals surface area contributed by atoms with E-state index in [-0.39, 0.29) is 11.1 Å². The number of amides is 2. The molecule has 0 aliphatic carbocycles. The molecule has 0 N–H and O–H groups in total. The minimum atomic E-state index is -0.319. The van der Waals surface area contributed by atoms with Gasteiger partial charge < -0.3 is 0 Å². The lowest BCUT2D eigenvalue weighted by atomic mass is 10.2. The normalized spacial score (nSPS) is 16.6. The van der Waals surface area contributed by atoms with Crippen LogP contribution < -0.4 is 4.90 Å². The van der Waals surface area contributed by atoms with Crippen LogP contribution in [0.4, 0.5) is 10.5 Å². The zero-order chi connectivity index (χ0) is 15.7. The number of carbonyl (C=O) groups is 2. The van der Waals surface area contributed by atoms with Gasteiger partial charge in [-0.25, -0.2) is 4.90 Å². The lowest BCUT2D eigenvalue weighted by Crippen LogP contribution is -2.27. The lowest BCUT2D eigenvalue weighted by molar-refractivity contribution is -0.113. The van der Waals surface area contributed by atoms with Crippen molar-refractivity contribution in [2.24, 2.45) is 0 Å². The molecule has 0 aromatic heterocycles. The van der Waals surface area contributed by atoms with Crippen molar-refractivity contribution in [2.75, 3.05) is 4.90 Å². The van der Waals surface area contributed by atoms with E-state index >= 15 is 0 Å². The number of thioether (sulfide) groups is 1. The van der Waals surface area contributed by atoms with Crippen LogP contribution >= 0.6 is 39.3 Å². The van der Waals surface area contributed by atoms with Gasteiger partial charge in [-0.15, -0.1) is 0 Å². The van der Waals surface area contributed by atoms with Gasteiger partial charge in [0.25, 0.3) is 11.1 Å². The van der Waals surface area contributed by atoms with E-state index in [9.17, 15) is 9.59 Å². The van der Waals surface area contributed by atoms with Crippen LogP contribution in [0, 0.1) is 0 Å². The number of hydrogen-bond donors (Lipinski definition) is 0. The number of hydrogen-bond acceptors (Lipinski definition) is 3. The highest BCUT2D eigenvalue weighted by molar-refractivity contribution is 9.10. The van der Waals surface area contributed by atoms with Gasteiger partial charge in [-0.1, -0.05) is 39.7 Å². The SMILES string of the molecule is O=C1SC(=Cc2ccc(Br)cc2)C(=O)N1c1ccc(Cl)cc1. The summed E-state index contributed by atoms with van der Waals surface area (Å²) < 4.78 is 0.957. The maximum atomic E-state index is 12.4. The molecule has 1 fully saturated rings. The van der Waals surface area contributed by atoms with Crippen molar-refractivity contribution in [2.45, 2.75) is 0 Å². The van der Waals surface area contributed by atoms with Crippen molar-refractivity contribution in [3.8, 4) is 0 Å². The second kappa shape index (κ2) is 6.28. The Hall–Kier alpha value is -1.56. The van der Waals surface area contributed by atoms with Gasteiger partial charge >= 0.3 is 0 Å². The molecule has 22 heavy (non-hydrogen) atoms. The van der Waals surface area contributed by atoms with Crippen molar-refractivity contribution in [3.05, 3.63) is 68.5 Å². The van der Waals surface area contributed by atoms with Crippen molar-refractivity contribution in [1.29, 1.82) is 0 Å². The maximum Gasteiger partial charge on any atom is 0.298 e. The highest BCUT2D eigenvalue weighted by Gasteiger charge is 2.36. The van der Waals surface area contributed by atoms with Crippen LogP contribution in [0.15, 0.2) is 57.9 Å². The smallest absolute Gasteiger partial charge is 0.268 e. The first kappa shape index (κ1) is 15.3. The average Bonchev–Trinajstić information content (AvgIpc) is 2.77. The fraction of sp³-hybridized carbons (Fsp3) is 0. The molecule has 0 bridgehead atoms. The van der Waals surface area contributed by atoms with Crippen LogP contribution in [0.25, 0.3) is 6.08 Å². The molecule has 1 saturated heterocycles. The van der Waals surface area contributed by atoms with Gasteiger partial charge in [0.15, 0.2) is 0 Å². The van der Waals surface area contributed by atoms with E-state index in [1.165, 1.54) is 0 Å². The summed E-state index contributed by atoms with van der Waals surface area (Å²) in [5, 5.41) is 0.247. The van der Waals surface area contributed by atoms with Crippen LogP contribution in [0.1, 0.15) is 5.56 Å². The van der Waals surface area contributed by atoms with Crippen LogP contribution in [-0.4, -0.2) is 11.1 Å². The van der Waals surface area contributed by atoms with Gasteiger partial charge in [0.05, 0.1) is 10.6 Å². The van der Waals surface area contributed by atoms with E-state index in [0.29, 0.717) is 15.6 Å². The van der Waals surface area contributed by atoms with Crippen LogP contribution in [0.3, 0.4) is 0 Å². The monoisotopic (exact) mass is 393 g/mol. The Morgan fingerprint density at radius 1 is 1.00 bits per heavy atom. The molecule has 0 spiro atoms. The van der Waals surface area contributed by atoms with Crippen LogP contribution in [-0.2, 0) is 4.79 Å². The van der Waals surface area contributed by atoms with Gasteiger partial charge in [-0.3, -0.25) is 9.59 Å². The molecule has 0 saturated carbocycles. The molecule has 110 valence electrons. The maximum absolute atomic E-state index is 12.4. The predicted octanol–water partition coefficient (Wildman–Crippen LogP) is 5.34. The van der Waals surface area contributed by atoms with Crippen molar-refractivity contribution < 1.29 is 9.59 Å². The minimum absolute atomic E-state index is 0.310. The third-order valence-electron chi connectivity index (χ3n) is 3.05. The Balaban J connectivity index is 1.91. The highest BCUT2D eigenvalue weighted by atomic mass is 79.9. The molecule has 3 nitrogen and oxygen atoms in total. The quantitative estimate of drug-likeness (QED) is 0.645. The topological polar surface area (TPSA) is 37.4 Å². The second-order valence-electron chi connectivity index (χ2n) is 4.55. The molecule has 2 aromatic rings. The molecule has 2 amide bonds. The summed E-state index contributed by atoms with van der Waals surface area (Å²) in [6.45, 7) is 0. The molecule has 1 aliphatic rings. The summed E-state index contributed by atoms with van der Waals surface area (Å²) in [6, 6.07) is 14.1. The summed E-state index contributed by atoms with van der Waals surface area (Å²) in [4.78, 5) is 26.1. The fourth-order valence-corrected chi connectivity index (χ4v) is 3.22. The van der Waals surface area contributed by atoms with Crippen molar-refractivity contribution in [3.63, 3.8) is 0 Å². The summed E-state index contributed by atoms with van der Waals surface area (Å²) in [6.07, 6.45) is 1.72. The molecular weight excluding hydrogens is 386 g/mol. The molecule has 0 unspecified atom stereocenters. The third kappa shape index (κ3) is 3.11. The first-order valence-electron chi connectivity index (χ1n) is 6.34. The number of anilines is 1. The first-order chi connectivity index (χ1) is 10.5. The molecule has 1 aliphatic heterocycles. The van der Waals surface area contributed by atoms with Crippen molar-refractivity contribution in [1.82, 2.24) is 0 Å². The molecule has 0 radical (unpaired) electrons. The Morgan fingerprint density at radius 3 is 2.27 bits per heavy atom. The highest BCUT2D eigenvalue weighted by Crippen LogP contribution is 2.36. The van der Waals surface area contributed by atoms with Crippen LogP contribution in [0.2, 0.25) is 5.02 Å². The molecular formula is C16H9BrClNO2S. The number of carbonyl (C=O) groups excluding carboxylic acids is 2. The Kier molecular flexibility index (Phi) is 4.38. The number of nitrogens with zero attached hydrogens (tertiary/aromatic N) is 1. The van der Waals surface area contributed by atoms with Crippen molar-refractivity contribution >= 4 is 62.2 Å².